The van der Waals surface area contributed by atoms with Crippen molar-refractivity contribution in [3.05, 3.63) is 71.4 Å². The molecule has 1 heterocycles. The van der Waals surface area contributed by atoms with Gasteiger partial charge in [0, 0.05) is 18.8 Å². The Bertz CT molecular complexity index is 975. The third kappa shape index (κ3) is 5.93. The first-order chi connectivity index (χ1) is 14.2. The number of aryl methyl sites for hydroxylation is 1. The number of benzene rings is 2. The SMILES string of the molecule is COc1ccc(CCNc2nccc(N/N=C/c3cccc(C)c3)n2)cc1OC. The molecule has 0 aliphatic heterocycles. The van der Waals surface area contributed by atoms with Gasteiger partial charge in [0.2, 0.25) is 5.95 Å². The molecule has 7 heteroatoms. The largest absolute Gasteiger partial charge is 0.493 e. The van der Waals surface area contributed by atoms with Gasteiger partial charge in [0.25, 0.3) is 0 Å². The number of nitrogens with zero attached hydrogens (tertiary/aromatic N) is 3. The molecule has 0 spiro atoms. The molecule has 150 valence electrons. The van der Waals surface area contributed by atoms with Gasteiger partial charge in [-0.2, -0.15) is 10.1 Å². The van der Waals surface area contributed by atoms with Crippen LogP contribution in [-0.2, 0) is 6.42 Å². The molecule has 29 heavy (non-hydrogen) atoms. The summed E-state index contributed by atoms with van der Waals surface area (Å²) in [7, 11) is 3.26. The molecule has 0 saturated heterocycles. The maximum Gasteiger partial charge on any atom is 0.224 e. The van der Waals surface area contributed by atoms with Crippen LogP contribution in [0.4, 0.5) is 11.8 Å². The van der Waals surface area contributed by atoms with Crippen LogP contribution in [0.1, 0.15) is 16.7 Å². The monoisotopic (exact) mass is 391 g/mol. The van der Waals surface area contributed by atoms with Gasteiger partial charge in [0.05, 0.1) is 20.4 Å². The average Bonchev–Trinajstić information content (AvgIpc) is 2.74. The summed E-state index contributed by atoms with van der Waals surface area (Å²) in [5.41, 5.74) is 6.29. The van der Waals surface area contributed by atoms with Gasteiger partial charge in [-0.05, 0) is 36.6 Å². The Morgan fingerprint density at radius 2 is 1.90 bits per heavy atom. The van der Waals surface area contributed by atoms with Crippen LogP contribution in [0.5, 0.6) is 11.5 Å². The Kier molecular flexibility index (Phi) is 7.00. The molecule has 2 N–H and O–H groups in total. The normalized spacial score (nSPS) is 10.7. The summed E-state index contributed by atoms with van der Waals surface area (Å²) in [5.74, 6) is 2.61. The van der Waals surface area contributed by atoms with E-state index in [0.29, 0.717) is 18.3 Å². The van der Waals surface area contributed by atoms with Crippen LogP contribution in [0.3, 0.4) is 0 Å². The van der Waals surface area contributed by atoms with Crippen LogP contribution >= 0.6 is 0 Å². The number of hydrogen-bond donors (Lipinski definition) is 2. The van der Waals surface area contributed by atoms with E-state index in [1.54, 1.807) is 32.7 Å². The van der Waals surface area contributed by atoms with Crippen molar-refractivity contribution < 1.29 is 9.47 Å². The first kappa shape index (κ1) is 20.1. The highest BCUT2D eigenvalue weighted by molar-refractivity contribution is 5.80. The lowest BCUT2D eigenvalue weighted by Crippen LogP contribution is -2.08. The van der Waals surface area contributed by atoms with Crippen molar-refractivity contribution >= 4 is 18.0 Å². The molecular formula is C22H25N5O2. The van der Waals surface area contributed by atoms with E-state index >= 15 is 0 Å². The first-order valence-electron chi connectivity index (χ1n) is 9.31. The smallest absolute Gasteiger partial charge is 0.224 e. The van der Waals surface area contributed by atoms with Crippen molar-refractivity contribution in [1.29, 1.82) is 0 Å². The van der Waals surface area contributed by atoms with E-state index in [-0.39, 0.29) is 0 Å². The standard InChI is InChI=1S/C22H25N5O2/c1-16-5-4-6-18(13-16)15-25-27-21-10-12-24-22(26-21)23-11-9-17-7-8-19(28-2)20(14-17)29-3/h4-8,10,12-15H,9,11H2,1-3H3,(H2,23,24,26,27)/b25-15+. The summed E-state index contributed by atoms with van der Waals surface area (Å²) in [6.45, 7) is 2.74. The third-order valence-corrected chi connectivity index (χ3v) is 4.24. The van der Waals surface area contributed by atoms with Gasteiger partial charge in [-0.3, -0.25) is 5.43 Å². The molecule has 0 unspecified atom stereocenters. The number of hydrogen-bond acceptors (Lipinski definition) is 7. The topological polar surface area (TPSA) is 80.7 Å². The predicted molar refractivity (Wildman–Crippen MR) is 116 cm³/mol. The molecule has 0 aliphatic rings. The fraction of sp³-hybridized carbons (Fsp3) is 0.227. The summed E-state index contributed by atoms with van der Waals surface area (Å²) in [6.07, 6.45) is 4.25. The second kappa shape index (κ2) is 10.1. The van der Waals surface area contributed by atoms with E-state index in [0.717, 1.165) is 29.0 Å². The number of anilines is 2. The highest BCUT2D eigenvalue weighted by atomic mass is 16.5. The second-order valence-corrected chi connectivity index (χ2v) is 6.42. The van der Waals surface area contributed by atoms with Gasteiger partial charge in [0.15, 0.2) is 17.3 Å². The van der Waals surface area contributed by atoms with Crippen LogP contribution in [0, 0.1) is 6.92 Å². The van der Waals surface area contributed by atoms with E-state index in [1.807, 2.05) is 30.3 Å². The van der Waals surface area contributed by atoms with Crippen molar-refractivity contribution in [3.8, 4) is 11.5 Å². The molecule has 3 rings (SSSR count). The number of nitrogens with one attached hydrogen (secondary N) is 2. The first-order valence-corrected chi connectivity index (χ1v) is 9.31. The van der Waals surface area contributed by atoms with Crippen LogP contribution in [0.15, 0.2) is 59.8 Å². The van der Waals surface area contributed by atoms with Gasteiger partial charge in [-0.1, -0.05) is 35.9 Å². The maximum atomic E-state index is 5.34. The van der Waals surface area contributed by atoms with E-state index in [4.69, 9.17) is 9.47 Å². The Labute approximate surface area is 170 Å². The predicted octanol–water partition coefficient (Wildman–Crippen LogP) is 3.90. The number of rotatable bonds is 9. The van der Waals surface area contributed by atoms with Crippen LogP contribution < -0.4 is 20.2 Å². The quantitative estimate of drug-likeness (QED) is 0.425. The summed E-state index contributed by atoms with van der Waals surface area (Å²) in [5, 5.41) is 7.47. The summed E-state index contributed by atoms with van der Waals surface area (Å²) in [6, 6.07) is 15.8. The van der Waals surface area contributed by atoms with E-state index in [9.17, 15) is 0 Å². The third-order valence-electron chi connectivity index (χ3n) is 4.24. The van der Waals surface area contributed by atoms with E-state index in [1.165, 1.54) is 5.56 Å². The molecule has 0 atom stereocenters. The summed E-state index contributed by atoms with van der Waals surface area (Å²) >= 11 is 0. The van der Waals surface area contributed by atoms with E-state index < -0.39 is 0 Å². The fourth-order valence-electron chi connectivity index (χ4n) is 2.78. The Balaban J connectivity index is 1.53. The zero-order chi connectivity index (χ0) is 20.5. The summed E-state index contributed by atoms with van der Waals surface area (Å²) < 4.78 is 10.6. The number of ether oxygens (including phenoxy) is 2. The fourth-order valence-corrected chi connectivity index (χ4v) is 2.78. The number of aromatic nitrogens is 2. The number of methoxy groups -OCH3 is 2. The Hall–Kier alpha value is -3.61. The molecule has 7 nitrogen and oxygen atoms in total. The average molecular weight is 391 g/mol. The molecule has 2 aromatic carbocycles. The lowest BCUT2D eigenvalue weighted by Gasteiger charge is -2.10. The lowest BCUT2D eigenvalue weighted by atomic mass is 10.1. The minimum Gasteiger partial charge on any atom is -0.493 e. The molecule has 0 fully saturated rings. The van der Waals surface area contributed by atoms with Crippen LogP contribution in [0.25, 0.3) is 0 Å². The van der Waals surface area contributed by atoms with Crippen molar-refractivity contribution in [2.45, 2.75) is 13.3 Å². The molecular weight excluding hydrogens is 366 g/mol. The highest BCUT2D eigenvalue weighted by Gasteiger charge is 2.05. The van der Waals surface area contributed by atoms with Gasteiger partial charge in [0.1, 0.15) is 0 Å². The zero-order valence-corrected chi connectivity index (χ0v) is 16.8. The summed E-state index contributed by atoms with van der Waals surface area (Å²) in [4.78, 5) is 8.67. The molecule has 1 aromatic heterocycles. The maximum absolute atomic E-state index is 5.34. The second-order valence-electron chi connectivity index (χ2n) is 6.42. The Morgan fingerprint density at radius 1 is 1.03 bits per heavy atom. The van der Waals surface area contributed by atoms with Crippen LogP contribution in [-0.4, -0.2) is 36.9 Å². The molecule has 0 saturated carbocycles. The van der Waals surface area contributed by atoms with Gasteiger partial charge >= 0.3 is 0 Å². The van der Waals surface area contributed by atoms with Crippen molar-refractivity contribution in [3.63, 3.8) is 0 Å². The van der Waals surface area contributed by atoms with Crippen molar-refractivity contribution in [2.75, 3.05) is 31.5 Å². The molecule has 3 aromatic rings. The molecule has 0 radical (unpaired) electrons. The van der Waals surface area contributed by atoms with Crippen molar-refractivity contribution in [2.24, 2.45) is 5.10 Å². The van der Waals surface area contributed by atoms with E-state index in [2.05, 4.69) is 44.9 Å². The number of hydrazone groups is 1. The highest BCUT2D eigenvalue weighted by Crippen LogP contribution is 2.27. The molecule has 0 bridgehead atoms. The lowest BCUT2D eigenvalue weighted by molar-refractivity contribution is 0.354. The van der Waals surface area contributed by atoms with Crippen molar-refractivity contribution in [1.82, 2.24) is 9.97 Å². The zero-order valence-electron chi connectivity index (χ0n) is 16.8. The molecule has 0 amide bonds. The van der Waals surface area contributed by atoms with Gasteiger partial charge < -0.3 is 14.8 Å². The van der Waals surface area contributed by atoms with Crippen LogP contribution in [0.2, 0.25) is 0 Å². The Morgan fingerprint density at radius 3 is 2.69 bits per heavy atom. The minimum absolute atomic E-state index is 0.543. The van der Waals surface area contributed by atoms with Gasteiger partial charge in [-0.25, -0.2) is 4.98 Å². The molecule has 0 aliphatic carbocycles. The van der Waals surface area contributed by atoms with Gasteiger partial charge in [-0.15, -0.1) is 0 Å². The minimum atomic E-state index is 0.543.